The van der Waals surface area contributed by atoms with Crippen molar-refractivity contribution in [3.05, 3.63) is 29.3 Å². The minimum Gasteiger partial charge on any atom is -0.507 e. The predicted octanol–water partition coefficient (Wildman–Crippen LogP) is 0.0550. The molecule has 1 rings (SSSR count). The standard InChI is InChI=1S/C13H13N2O6/c14-9(2-4-12(18)19)13(20)8-5-7(1-3-11(8)17)10(6-16)15-21/h1,3,5,9,17,21H,2,4,14H2,(H,18,19)/b15-10+/t9-/m1/s1. The van der Waals surface area contributed by atoms with Crippen LogP contribution in [0.3, 0.4) is 0 Å². The van der Waals surface area contributed by atoms with Crippen molar-refractivity contribution in [1.82, 2.24) is 0 Å². The summed E-state index contributed by atoms with van der Waals surface area (Å²) in [5, 5.41) is 29.5. The smallest absolute Gasteiger partial charge is 0.303 e. The highest BCUT2D eigenvalue weighted by Crippen LogP contribution is 2.21. The molecule has 0 aromatic heterocycles. The molecule has 8 heteroatoms. The zero-order valence-corrected chi connectivity index (χ0v) is 10.8. The summed E-state index contributed by atoms with van der Waals surface area (Å²) in [4.78, 5) is 33.1. The van der Waals surface area contributed by atoms with Gasteiger partial charge in [-0.3, -0.25) is 14.4 Å². The van der Waals surface area contributed by atoms with Gasteiger partial charge in [0.1, 0.15) is 5.75 Å². The molecule has 8 nitrogen and oxygen atoms in total. The van der Waals surface area contributed by atoms with Crippen LogP contribution in [0.25, 0.3) is 0 Å². The van der Waals surface area contributed by atoms with E-state index in [1.165, 1.54) is 12.4 Å². The van der Waals surface area contributed by atoms with Crippen LogP contribution < -0.4 is 5.73 Å². The number of phenolic OH excluding ortho intramolecular Hbond substituents is 1. The molecule has 1 aromatic rings. The molecule has 1 aromatic carbocycles. The first-order valence-electron chi connectivity index (χ1n) is 5.86. The molecule has 0 saturated heterocycles. The highest BCUT2D eigenvalue weighted by atomic mass is 16.4. The summed E-state index contributed by atoms with van der Waals surface area (Å²) in [5.74, 6) is -2.15. The Labute approximate surface area is 119 Å². The lowest BCUT2D eigenvalue weighted by Crippen LogP contribution is -2.31. The minimum absolute atomic E-state index is 0.0686. The summed E-state index contributed by atoms with van der Waals surface area (Å²) >= 11 is 0. The fourth-order valence-electron chi connectivity index (χ4n) is 1.63. The van der Waals surface area contributed by atoms with Gasteiger partial charge in [-0.1, -0.05) is 5.16 Å². The Morgan fingerprint density at radius 3 is 2.57 bits per heavy atom. The zero-order chi connectivity index (χ0) is 16.0. The number of hydrogen-bond donors (Lipinski definition) is 4. The van der Waals surface area contributed by atoms with Crippen molar-refractivity contribution >= 4 is 23.8 Å². The lowest BCUT2D eigenvalue weighted by molar-refractivity contribution is -0.137. The Hall–Kier alpha value is -2.74. The second-order valence-corrected chi connectivity index (χ2v) is 4.19. The fraction of sp³-hybridized carbons (Fsp3) is 0.231. The van der Waals surface area contributed by atoms with E-state index >= 15 is 0 Å². The van der Waals surface area contributed by atoms with Crippen molar-refractivity contribution in [2.75, 3.05) is 0 Å². The topological polar surface area (TPSA) is 150 Å². The molecule has 0 saturated carbocycles. The van der Waals surface area contributed by atoms with E-state index in [1.54, 1.807) is 0 Å². The highest BCUT2D eigenvalue weighted by molar-refractivity contribution is 6.36. The van der Waals surface area contributed by atoms with Gasteiger partial charge >= 0.3 is 5.97 Å². The van der Waals surface area contributed by atoms with Gasteiger partial charge in [0.2, 0.25) is 0 Å². The number of Topliss-reactive ketones (excluding diaryl/α,β-unsaturated/α-hetero) is 1. The van der Waals surface area contributed by atoms with Crippen molar-refractivity contribution in [3.8, 4) is 5.75 Å². The van der Waals surface area contributed by atoms with Crippen molar-refractivity contribution in [2.45, 2.75) is 18.9 Å². The first-order valence-corrected chi connectivity index (χ1v) is 5.86. The van der Waals surface area contributed by atoms with E-state index in [2.05, 4.69) is 5.16 Å². The molecule has 111 valence electrons. The summed E-state index contributed by atoms with van der Waals surface area (Å²) < 4.78 is 0. The first kappa shape index (κ1) is 16.3. The Morgan fingerprint density at radius 1 is 1.38 bits per heavy atom. The Morgan fingerprint density at radius 2 is 2.05 bits per heavy atom. The number of carbonyl (C=O) groups is 2. The van der Waals surface area contributed by atoms with E-state index in [0.29, 0.717) is 0 Å². The molecule has 0 aliphatic heterocycles. The fourth-order valence-corrected chi connectivity index (χ4v) is 1.63. The summed E-state index contributed by atoms with van der Waals surface area (Å²) in [7, 11) is 0. The summed E-state index contributed by atoms with van der Waals surface area (Å²) in [6, 6.07) is 2.40. The third-order valence-corrected chi connectivity index (χ3v) is 2.74. The number of phenols is 1. The lowest BCUT2D eigenvalue weighted by Gasteiger charge is -2.11. The number of carbonyl (C=O) groups excluding carboxylic acids is 2. The van der Waals surface area contributed by atoms with Crippen molar-refractivity contribution in [2.24, 2.45) is 10.9 Å². The molecule has 1 atom stereocenters. The van der Waals surface area contributed by atoms with Crippen molar-refractivity contribution in [1.29, 1.82) is 0 Å². The summed E-state index contributed by atoms with van der Waals surface area (Å²) in [5.41, 5.74) is 5.01. The molecular formula is C13H13N2O6. The maximum atomic E-state index is 12.1. The van der Waals surface area contributed by atoms with Gasteiger partial charge in [-0.25, -0.2) is 0 Å². The Kier molecular flexibility index (Phi) is 5.56. The minimum atomic E-state index is -1.11. The number of carboxylic acid groups (broad SMARTS) is 1. The first-order chi connectivity index (χ1) is 9.90. The van der Waals surface area contributed by atoms with Crippen LogP contribution in [-0.4, -0.2) is 45.2 Å². The Balaban J connectivity index is 3.06. The molecule has 21 heavy (non-hydrogen) atoms. The molecular weight excluding hydrogens is 280 g/mol. The third-order valence-electron chi connectivity index (χ3n) is 2.74. The van der Waals surface area contributed by atoms with Gasteiger partial charge < -0.3 is 21.2 Å². The van der Waals surface area contributed by atoms with E-state index < -0.39 is 23.5 Å². The number of benzene rings is 1. The number of rotatable bonds is 7. The average molecular weight is 293 g/mol. The molecule has 0 amide bonds. The van der Waals surface area contributed by atoms with E-state index in [4.69, 9.17) is 16.0 Å². The molecule has 0 unspecified atom stereocenters. The molecule has 0 bridgehead atoms. The number of oxime groups is 1. The Bertz CT molecular complexity index is 596. The van der Waals surface area contributed by atoms with E-state index in [1.807, 2.05) is 0 Å². The number of nitrogens with two attached hydrogens (primary N) is 1. The average Bonchev–Trinajstić information content (AvgIpc) is 2.46. The predicted molar refractivity (Wildman–Crippen MR) is 71.3 cm³/mol. The molecule has 0 heterocycles. The highest BCUT2D eigenvalue weighted by Gasteiger charge is 2.21. The second kappa shape index (κ2) is 7.15. The van der Waals surface area contributed by atoms with Crippen LogP contribution in [0.4, 0.5) is 0 Å². The molecule has 0 fully saturated rings. The van der Waals surface area contributed by atoms with Gasteiger partial charge in [0.05, 0.1) is 11.6 Å². The second-order valence-electron chi connectivity index (χ2n) is 4.19. The zero-order valence-electron chi connectivity index (χ0n) is 10.8. The lowest BCUT2D eigenvalue weighted by atomic mass is 9.97. The van der Waals surface area contributed by atoms with Gasteiger partial charge in [-0.2, -0.15) is 0 Å². The SMILES string of the molecule is N[C@H](CCC(=O)O)C(=O)c1cc(/C([C]=O)=N/O)ccc1O. The maximum absolute atomic E-state index is 12.1. The number of nitrogens with zero attached hydrogens (tertiary/aromatic N) is 1. The number of ketones is 1. The van der Waals surface area contributed by atoms with Crippen LogP contribution in [0.5, 0.6) is 5.75 Å². The summed E-state index contributed by atoms with van der Waals surface area (Å²) in [6.45, 7) is 0. The molecule has 0 aliphatic rings. The van der Waals surface area contributed by atoms with Crippen LogP contribution in [0.2, 0.25) is 0 Å². The quantitative estimate of drug-likeness (QED) is 0.240. The van der Waals surface area contributed by atoms with Gasteiger partial charge in [-0.15, -0.1) is 0 Å². The third kappa shape index (κ3) is 4.11. The molecule has 5 N–H and O–H groups in total. The largest absolute Gasteiger partial charge is 0.507 e. The van der Waals surface area contributed by atoms with Gasteiger partial charge in [0.25, 0.3) is 6.29 Å². The molecule has 1 radical (unpaired) electrons. The number of carboxylic acids is 1. The van der Waals surface area contributed by atoms with Gasteiger partial charge in [-0.05, 0) is 24.6 Å². The van der Waals surface area contributed by atoms with E-state index in [0.717, 1.165) is 12.1 Å². The van der Waals surface area contributed by atoms with Crippen LogP contribution in [0, 0.1) is 0 Å². The maximum Gasteiger partial charge on any atom is 0.303 e. The van der Waals surface area contributed by atoms with Crippen LogP contribution in [-0.2, 0) is 9.59 Å². The molecule has 0 aliphatic carbocycles. The summed E-state index contributed by atoms with van der Waals surface area (Å²) in [6.07, 6.45) is 0.980. The van der Waals surface area contributed by atoms with Crippen molar-refractivity contribution in [3.63, 3.8) is 0 Å². The van der Waals surface area contributed by atoms with Crippen LogP contribution >= 0.6 is 0 Å². The van der Waals surface area contributed by atoms with E-state index in [-0.39, 0.29) is 29.7 Å². The number of hydrogen-bond acceptors (Lipinski definition) is 7. The van der Waals surface area contributed by atoms with Crippen LogP contribution in [0.1, 0.15) is 28.8 Å². The van der Waals surface area contributed by atoms with E-state index in [9.17, 15) is 19.5 Å². The van der Waals surface area contributed by atoms with Crippen LogP contribution in [0.15, 0.2) is 23.4 Å². The van der Waals surface area contributed by atoms with Gasteiger partial charge in [0.15, 0.2) is 11.5 Å². The van der Waals surface area contributed by atoms with Crippen molar-refractivity contribution < 1.29 is 29.8 Å². The number of aliphatic carboxylic acids is 1. The monoisotopic (exact) mass is 293 g/mol. The van der Waals surface area contributed by atoms with Gasteiger partial charge in [0, 0.05) is 12.0 Å². The normalized spacial score (nSPS) is 12.7. The number of aromatic hydroxyl groups is 1. The molecule has 0 spiro atoms.